The number of hydrogen-bond acceptors (Lipinski definition) is 3. The van der Waals surface area contributed by atoms with E-state index < -0.39 is 0 Å². The number of isocyanates is 1. The lowest BCUT2D eigenvalue weighted by atomic mass is 9.99. The van der Waals surface area contributed by atoms with Gasteiger partial charge in [-0.1, -0.05) is 6.07 Å². The number of rotatable bonds is 0. The minimum Gasteiger partial charge on any atom is -0.398 e. The van der Waals surface area contributed by atoms with E-state index in [0.717, 1.165) is 11.8 Å². The Bertz CT molecular complexity index is 413. The molecule has 2 aliphatic carbocycles. The smallest absolute Gasteiger partial charge is 0.231 e. The number of nitrogens with two attached hydrogens (primary N) is 1. The van der Waals surface area contributed by atoms with Crippen molar-refractivity contribution in [3.05, 3.63) is 28.3 Å². The van der Waals surface area contributed by atoms with Gasteiger partial charge in [-0.2, -0.15) is 0 Å². The van der Waals surface area contributed by atoms with E-state index >= 15 is 0 Å². The van der Waals surface area contributed by atoms with Gasteiger partial charge in [0.1, 0.15) is 0 Å². The number of fused-ring (bicyclic) bond motifs is 2. The third kappa shape index (κ3) is 1.74. The van der Waals surface area contributed by atoms with Gasteiger partial charge in [-0.05, 0) is 60.8 Å². The number of hydrogen-bond donors (Lipinski definition) is 2. The first-order chi connectivity index (χ1) is 7.77. The average Bonchev–Trinajstić information content (AvgIpc) is 2.87. The molecule has 0 aliphatic heterocycles. The Labute approximate surface area is 95.2 Å². The van der Waals surface area contributed by atoms with Crippen LogP contribution in [0.3, 0.4) is 0 Å². The summed E-state index contributed by atoms with van der Waals surface area (Å²) >= 11 is 0. The fourth-order valence-corrected chi connectivity index (χ4v) is 2.86. The van der Waals surface area contributed by atoms with Crippen molar-refractivity contribution in [1.82, 2.24) is 0 Å². The molecule has 3 heteroatoms. The van der Waals surface area contributed by atoms with Gasteiger partial charge in [-0.15, -0.1) is 0 Å². The van der Waals surface area contributed by atoms with Crippen LogP contribution in [0, 0.1) is 5.41 Å². The second-order valence-electron chi connectivity index (χ2n) is 4.37. The molecule has 0 saturated carbocycles. The second-order valence-corrected chi connectivity index (χ2v) is 4.37. The fraction of sp³-hybridized carbons (Fsp3) is 0.462. The molecule has 0 bridgehead atoms. The van der Waals surface area contributed by atoms with Crippen LogP contribution in [0.15, 0.2) is 6.07 Å². The highest BCUT2D eigenvalue weighted by Crippen LogP contribution is 2.36. The van der Waals surface area contributed by atoms with Gasteiger partial charge in [0.25, 0.3) is 0 Å². The maximum Gasteiger partial charge on any atom is 0.231 e. The molecule has 3 nitrogen and oxygen atoms in total. The summed E-state index contributed by atoms with van der Waals surface area (Å²) in [4.78, 5) is 8.35. The molecule has 0 saturated heterocycles. The predicted molar refractivity (Wildman–Crippen MR) is 63.3 cm³/mol. The molecule has 2 aliphatic rings. The molecule has 0 heterocycles. The molecule has 0 aromatic heterocycles. The lowest BCUT2D eigenvalue weighted by Crippen LogP contribution is -1.99. The van der Waals surface area contributed by atoms with Gasteiger partial charge < -0.3 is 5.73 Å². The Morgan fingerprint density at radius 1 is 1.06 bits per heavy atom. The zero-order valence-corrected chi connectivity index (χ0v) is 9.31. The number of benzene rings is 1. The highest BCUT2D eigenvalue weighted by Gasteiger charge is 2.21. The molecule has 16 heavy (non-hydrogen) atoms. The van der Waals surface area contributed by atoms with Crippen LogP contribution in [0.4, 0.5) is 5.69 Å². The van der Waals surface area contributed by atoms with Gasteiger partial charge in [0, 0.05) is 5.69 Å². The Morgan fingerprint density at radius 2 is 1.50 bits per heavy atom. The highest BCUT2D eigenvalue weighted by molar-refractivity contribution is 5.63. The van der Waals surface area contributed by atoms with Gasteiger partial charge in [0.15, 0.2) is 0 Å². The van der Waals surface area contributed by atoms with Crippen molar-refractivity contribution in [2.45, 2.75) is 38.5 Å². The van der Waals surface area contributed by atoms with Gasteiger partial charge in [0.2, 0.25) is 6.08 Å². The predicted octanol–water partition coefficient (Wildman–Crippen LogP) is 2.15. The van der Waals surface area contributed by atoms with Crippen LogP contribution >= 0.6 is 0 Å². The lowest BCUT2D eigenvalue weighted by molar-refractivity contribution is 0.563. The van der Waals surface area contributed by atoms with Gasteiger partial charge in [-0.25, -0.2) is 10.2 Å². The summed E-state index contributed by atoms with van der Waals surface area (Å²) in [6, 6.07) is 2.42. The Hall–Kier alpha value is -1.60. The summed E-state index contributed by atoms with van der Waals surface area (Å²) in [5, 5.41) is 5.40. The van der Waals surface area contributed by atoms with Crippen LogP contribution in [0.5, 0.6) is 0 Å². The number of aryl methyl sites for hydroxylation is 2. The van der Waals surface area contributed by atoms with E-state index in [4.69, 9.17) is 15.9 Å². The van der Waals surface area contributed by atoms with Crippen LogP contribution in [0.25, 0.3) is 0 Å². The molecular weight excluding hydrogens is 200 g/mol. The topological polar surface area (TPSA) is 66.9 Å². The first kappa shape index (κ1) is 10.9. The minimum absolute atomic E-state index is 0.750. The maximum atomic E-state index is 8.35. The average molecular weight is 216 g/mol. The molecule has 0 amide bonds. The van der Waals surface area contributed by atoms with Crippen LogP contribution in [-0.2, 0) is 30.5 Å². The van der Waals surface area contributed by atoms with E-state index in [1.165, 1.54) is 60.8 Å². The molecule has 1 aromatic rings. The fourth-order valence-electron chi connectivity index (χ4n) is 2.86. The molecule has 3 rings (SSSR count). The third-order valence-electron chi connectivity index (χ3n) is 3.52. The number of nitrogen functional groups attached to an aromatic ring is 1. The van der Waals surface area contributed by atoms with Crippen molar-refractivity contribution in [2.24, 2.45) is 0 Å². The maximum absolute atomic E-state index is 8.35. The van der Waals surface area contributed by atoms with E-state index in [1.807, 2.05) is 0 Å². The van der Waals surface area contributed by atoms with Crippen LogP contribution < -0.4 is 5.73 Å². The Kier molecular flexibility index (Phi) is 3.07. The SMILES string of the molecule is N=C=O.Nc1c2c(cc3c1CCC3)CCC2. The quantitative estimate of drug-likeness (QED) is 0.396. The van der Waals surface area contributed by atoms with E-state index in [9.17, 15) is 0 Å². The molecule has 0 unspecified atom stereocenters. The Balaban J connectivity index is 0.000000292. The van der Waals surface area contributed by atoms with E-state index in [0.29, 0.717) is 0 Å². The normalized spacial score (nSPS) is 15.8. The van der Waals surface area contributed by atoms with E-state index in [2.05, 4.69) is 6.07 Å². The van der Waals surface area contributed by atoms with Crippen LogP contribution in [0.2, 0.25) is 0 Å². The summed E-state index contributed by atoms with van der Waals surface area (Å²) in [5.74, 6) is 0. The first-order valence-corrected chi connectivity index (χ1v) is 5.73. The molecule has 1 aromatic carbocycles. The van der Waals surface area contributed by atoms with Crippen molar-refractivity contribution >= 4 is 11.8 Å². The lowest BCUT2D eigenvalue weighted by Gasteiger charge is -2.10. The van der Waals surface area contributed by atoms with Crippen molar-refractivity contribution in [2.75, 3.05) is 5.73 Å². The Morgan fingerprint density at radius 3 is 1.94 bits per heavy atom. The summed E-state index contributed by atoms with van der Waals surface area (Å²) in [5.41, 5.74) is 13.4. The van der Waals surface area contributed by atoms with Crippen molar-refractivity contribution < 1.29 is 4.79 Å². The molecule has 0 radical (unpaired) electrons. The van der Waals surface area contributed by atoms with Crippen molar-refractivity contribution in [3.63, 3.8) is 0 Å². The summed E-state index contributed by atoms with van der Waals surface area (Å²) in [7, 11) is 0. The molecule has 84 valence electrons. The third-order valence-corrected chi connectivity index (χ3v) is 3.52. The number of carbonyl (C=O) groups excluding carboxylic acids is 1. The zero-order valence-electron chi connectivity index (χ0n) is 9.31. The minimum atomic E-state index is 0.750. The van der Waals surface area contributed by atoms with Crippen LogP contribution in [-0.4, -0.2) is 6.08 Å². The number of nitrogens with one attached hydrogen (secondary N) is 1. The van der Waals surface area contributed by atoms with E-state index in [1.54, 1.807) is 0 Å². The number of anilines is 1. The van der Waals surface area contributed by atoms with Gasteiger partial charge >= 0.3 is 0 Å². The summed E-state index contributed by atoms with van der Waals surface area (Å²) in [6.07, 6.45) is 8.31. The summed E-state index contributed by atoms with van der Waals surface area (Å²) < 4.78 is 0. The van der Waals surface area contributed by atoms with Crippen molar-refractivity contribution in [3.8, 4) is 0 Å². The van der Waals surface area contributed by atoms with Crippen molar-refractivity contribution in [1.29, 1.82) is 5.41 Å². The van der Waals surface area contributed by atoms with E-state index in [-0.39, 0.29) is 0 Å². The van der Waals surface area contributed by atoms with Gasteiger partial charge in [0.05, 0.1) is 0 Å². The highest BCUT2D eigenvalue weighted by atomic mass is 16.1. The molecular formula is C13H16N2O. The molecule has 0 spiro atoms. The molecule has 0 fully saturated rings. The molecule has 3 N–H and O–H groups in total. The molecule has 0 atom stereocenters. The monoisotopic (exact) mass is 216 g/mol. The largest absolute Gasteiger partial charge is 0.398 e. The van der Waals surface area contributed by atoms with Gasteiger partial charge in [-0.3, -0.25) is 0 Å². The first-order valence-electron chi connectivity index (χ1n) is 5.73. The standard InChI is InChI=1S/C12H15N.CHNO/c13-12-10-5-1-3-8(10)7-9-4-2-6-11(9)12;2-1-3/h7H,1-6,13H2;2H. The second kappa shape index (κ2) is 4.50. The summed E-state index contributed by atoms with van der Waals surface area (Å²) in [6.45, 7) is 0. The zero-order chi connectivity index (χ0) is 11.5. The van der Waals surface area contributed by atoms with Crippen LogP contribution in [0.1, 0.15) is 35.1 Å².